The van der Waals surface area contributed by atoms with Crippen LogP contribution in [-0.2, 0) is 0 Å². The highest BCUT2D eigenvalue weighted by molar-refractivity contribution is 9.10. The summed E-state index contributed by atoms with van der Waals surface area (Å²) >= 11 is 18.7. The minimum Gasteiger partial charge on any atom is -0.354 e. The van der Waals surface area contributed by atoms with Crippen LogP contribution in [0.15, 0.2) is 50.1 Å². The summed E-state index contributed by atoms with van der Waals surface area (Å²) in [7, 11) is 0. The lowest BCUT2D eigenvalue weighted by Crippen LogP contribution is -2.37. The molecule has 32 heavy (non-hydrogen) atoms. The van der Waals surface area contributed by atoms with E-state index in [-0.39, 0.29) is 5.91 Å². The smallest absolute Gasteiger partial charge is 0.265 e. The van der Waals surface area contributed by atoms with E-state index in [1.54, 1.807) is 23.5 Å². The third-order valence-electron chi connectivity index (χ3n) is 5.44. The summed E-state index contributed by atoms with van der Waals surface area (Å²) in [6.45, 7) is 1.46. The molecule has 0 unspecified atom stereocenters. The van der Waals surface area contributed by atoms with E-state index < -0.39 is 0 Å². The van der Waals surface area contributed by atoms with Gasteiger partial charge in [0.2, 0.25) is 0 Å². The standard InChI is InChI=1S/C22H16BrCl2N3O2S2/c23-14-5-8-31-20(14)22(29)28-6-3-12(4-7-28)21-26-18(11-32-21)19-10-17(27-30-19)13-1-2-15(24)16(25)9-13/h1-2,5,8-12H,3-4,6-7H2. The van der Waals surface area contributed by atoms with Gasteiger partial charge in [-0.25, -0.2) is 4.98 Å². The highest BCUT2D eigenvalue weighted by atomic mass is 79.9. The maximum absolute atomic E-state index is 12.7. The number of nitrogens with zero attached hydrogens (tertiary/aromatic N) is 3. The average Bonchev–Trinajstić information content (AvgIpc) is 3.56. The summed E-state index contributed by atoms with van der Waals surface area (Å²) in [5.41, 5.74) is 2.28. The fourth-order valence-corrected chi connectivity index (χ4v) is 6.48. The van der Waals surface area contributed by atoms with Crippen molar-refractivity contribution in [2.75, 3.05) is 13.1 Å². The fraction of sp³-hybridized carbons (Fsp3) is 0.227. The molecule has 5 rings (SSSR count). The van der Waals surface area contributed by atoms with Crippen molar-refractivity contribution < 1.29 is 9.32 Å². The Balaban J connectivity index is 1.26. The number of amides is 1. The number of hydrogen-bond acceptors (Lipinski definition) is 6. The van der Waals surface area contributed by atoms with Crippen molar-refractivity contribution in [3.63, 3.8) is 0 Å². The Morgan fingerprint density at radius 3 is 2.62 bits per heavy atom. The van der Waals surface area contributed by atoms with E-state index in [0.29, 0.717) is 27.4 Å². The van der Waals surface area contributed by atoms with Crippen molar-refractivity contribution in [2.24, 2.45) is 0 Å². The topological polar surface area (TPSA) is 59.2 Å². The largest absolute Gasteiger partial charge is 0.354 e. The van der Waals surface area contributed by atoms with E-state index in [0.717, 1.165) is 51.5 Å². The van der Waals surface area contributed by atoms with Gasteiger partial charge in [0.25, 0.3) is 5.91 Å². The lowest BCUT2D eigenvalue weighted by Gasteiger charge is -2.31. The van der Waals surface area contributed by atoms with Gasteiger partial charge in [-0.2, -0.15) is 0 Å². The summed E-state index contributed by atoms with van der Waals surface area (Å²) in [6.07, 6.45) is 1.79. The molecular weight excluding hydrogens is 553 g/mol. The van der Waals surface area contributed by atoms with E-state index in [1.165, 1.54) is 11.3 Å². The molecule has 0 atom stereocenters. The molecule has 1 fully saturated rings. The molecular formula is C22H16BrCl2N3O2S2. The van der Waals surface area contributed by atoms with Gasteiger partial charge in [0, 0.05) is 40.5 Å². The van der Waals surface area contributed by atoms with Crippen LogP contribution in [-0.4, -0.2) is 34.0 Å². The molecule has 0 N–H and O–H groups in total. The van der Waals surface area contributed by atoms with Gasteiger partial charge in [-0.1, -0.05) is 34.4 Å². The molecule has 10 heteroatoms. The van der Waals surface area contributed by atoms with E-state index in [1.807, 2.05) is 33.9 Å². The monoisotopic (exact) mass is 567 g/mol. The molecule has 4 aromatic rings. The molecule has 1 saturated heterocycles. The van der Waals surface area contributed by atoms with Gasteiger partial charge in [-0.05, 0) is 52.4 Å². The van der Waals surface area contributed by atoms with Crippen molar-refractivity contribution in [3.05, 3.63) is 65.5 Å². The first-order valence-electron chi connectivity index (χ1n) is 9.90. The van der Waals surface area contributed by atoms with E-state index in [4.69, 9.17) is 32.7 Å². The second kappa shape index (κ2) is 9.27. The third kappa shape index (κ3) is 4.39. The minimum atomic E-state index is 0.0987. The second-order valence-electron chi connectivity index (χ2n) is 7.44. The molecule has 1 amide bonds. The van der Waals surface area contributed by atoms with Crippen LogP contribution in [0.25, 0.3) is 22.7 Å². The number of halogens is 3. The number of hydrogen-bond donors (Lipinski definition) is 0. The number of carbonyl (C=O) groups excluding carboxylic acids is 1. The van der Waals surface area contributed by atoms with Gasteiger partial charge in [0.1, 0.15) is 16.3 Å². The summed E-state index contributed by atoms with van der Waals surface area (Å²) in [5, 5.41) is 10.1. The van der Waals surface area contributed by atoms with Crippen molar-refractivity contribution >= 4 is 67.7 Å². The molecule has 3 aromatic heterocycles. The number of carbonyl (C=O) groups is 1. The van der Waals surface area contributed by atoms with E-state index in [9.17, 15) is 4.79 Å². The van der Waals surface area contributed by atoms with Crippen LogP contribution in [0.4, 0.5) is 0 Å². The predicted octanol–water partition coefficient (Wildman–Crippen LogP) is 7.62. The van der Waals surface area contributed by atoms with Gasteiger partial charge < -0.3 is 9.42 Å². The molecule has 1 aliphatic heterocycles. The predicted molar refractivity (Wildman–Crippen MR) is 133 cm³/mol. The zero-order valence-electron chi connectivity index (χ0n) is 16.6. The zero-order valence-corrected chi connectivity index (χ0v) is 21.3. The Morgan fingerprint density at radius 1 is 1.09 bits per heavy atom. The molecule has 0 bridgehead atoms. The molecule has 0 aliphatic carbocycles. The number of rotatable bonds is 4. The Hall–Kier alpha value is -1.71. The minimum absolute atomic E-state index is 0.0987. The summed E-state index contributed by atoms with van der Waals surface area (Å²) in [4.78, 5) is 20.2. The Morgan fingerprint density at radius 2 is 1.91 bits per heavy atom. The summed E-state index contributed by atoms with van der Waals surface area (Å²) in [6, 6.07) is 9.13. The number of thiophene rings is 1. The van der Waals surface area contributed by atoms with Gasteiger partial charge >= 0.3 is 0 Å². The second-order valence-corrected chi connectivity index (χ2v) is 10.9. The molecule has 164 valence electrons. The van der Waals surface area contributed by atoms with Crippen molar-refractivity contribution in [3.8, 4) is 22.7 Å². The van der Waals surface area contributed by atoms with Gasteiger partial charge in [0.05, 0.1) is 15.1 Å². The summed E-state index contributed by atoms with van der Waals surface area (Å²) < 4.78 is 6.41. The number of benzene rings is 1. The van der Waals surface area contributed by atoms with Crippen LogP contribution in [0.5, 0.6) is 0 Å². The molecule has 1 aliphatic rings. The van der Waals surface area contributed by atoms with Crippen molar-refractivity contribution in [1.29, 1.82) is 0 Å². The van der Waals surface area contributed by atoms with E-state index >= 15 is 0 Å². The average molecular weight is 569 g/mol. The first kappa shape index (κ1) is 22.1. The molecule has 5 nitrogen and oxygen atoms in total. The third-order valence-corrected chi connectivity index (χ3v) is 9.01. The van der Waals surface area contributed by atoms with Crippen molar-refractivity contribution in [1.82, 2.24) is 15.0 Å². The van der Waals surface area contributed by atoms with Crippen LogP contribution in [0.3, 0.4) is 0 Å². The van der Waals surface area contributed by atoms with E-state index in [2.05, 4.69) is 21.1 Å². The van der Waals surface area contributed by atoms with Crippen LogP contribution < -0.4 is 0 Å². The maximum atomic E-state index is 12.7. The normalized spacial score (nSPS) is 14.8. The Labute approximate surface area is 211 Å². The first-order valence-corrected chi connectivity index (χ1v) is 13.2. The molecule has 4 heterocycles. The number of likely N-dealkylation sites (tertiary alicyclic amines) is 1. The highest BCUT2D eigenvalue weighted by Gasteiger charge is 2.28. The number of thiazole rings is 1. The van der Waals surface area contributed by atoms with Crippen LogP contribution in [0, 0.1) is 0 Å². The zero-order chi connectivity index (χ0) is 22.2. The van der Waals surface area contributed by atoms with Gasteiger partial charge in [0.15, 0.2) is 5.76 Å². The molecule has 1 aromatic carbocycles. The Kier molecular flexibility index (Phi) is 6.40. The van der Waals surface area contributed by atoms with Gasteiger partial charge in [-0.3, -0.25) is 4.79 Å². The lowest BCUT2D eigenvalue weighted by molar-refractivity contribution is 0.0717. The molecule has 0 saturated carbocycles. The van der Waals surface area contributed by atoms with Gasteiger partial charge in [-0.15, -0.1) is 22.7 Å². The molecule has 0 radical (unpaired) electrons. The van der Waals surface area contributed by atoms with Crippen LogP contribution in [0.1, 0.15) is 33.4 Å². The van der Waals surface area contributed by atoms with Crippen molar-refractivity contribution in [2.45, 2.75) is 18.8 Å². The quantitative estimate of drug-likeness (QED) is 0.254. The Bertz CT molecular complexity index is 1280. The fourth-order valence-electron chi connectivity index (χ4n) is 3.70. The first-order chi connectivity index (χ1) is 15.5. The molecule has 0 spiro atoms. The van der Waals surface area contributed by atoms with Crippen LogP contribution in [0.2, 0.25) is 10.0 Å². The lowest BCUT2D eigenvalue weighted by atomic mass is 9.97. The highest BCUT2D eigenvalue weighted by Crippen LogP contribution is 2.35. The SMILES string of the molecule is O=C(c1sccc1Br)N1CCC(c2nc(-c3cc(-c4ccc(Cl)c(Cl)c4)no3)cs2)CC1. The summed E-state index contributed by atoms with van der Waals surface area (Å²) in [5.74, 6) is 1.05. The maximum Gasteiger partial charge on any atom is 0.265 e. The number of aromatic nitrogens is 2. The number of piperidine rings is 1. The van der Waals surface area contributed by atoms with Crippen LogP contribution >= 0.6 is 61.8 Å².